The Morgan fingerprint density at radius 2 is 2.06 bits per heavy atom. The van der Waals surface area contributed by atoms with Crippen LogP contribution >= 0.6 is 11.3 Å². The summed E-state index contributed by atoms with van der Waals surface area (Å²) in [6.07, 6.45) is 0.246. The molecule has 0 radical (unpaired) electrons. The minimum Gasteiger partial charge on any atom is -0.466 e. The van der Waals surface area contributed by atoms with Crippen LogP contribution in [0.25, 0.3) is 10.6 Å². The third-order valence-electron chi connectivity index (χ3n) is 2.48. The van der Waals surface area contributed by atoms with Crippen molar-refractivity contribution in [2.75, 3.05) is 6.61 Å². The van der Waals surface area contributed by atoms with Gasteiger partial charge < -0.3 is 4.74 Å². The lowest BCUT2D eigenvalue weighted by atomic mass is 10.2. The van der Waals surface area contributed by atoms with E-state index < -0.39 is 0 Å². The molecule has 2 aromatic rings. The third kappa shape index (κ3) is 3.17. The van der Waals surface area contributed by atoms with Crippen LogP contribution in [0.3, 0.4) is 0 Å². The van der Waals surface area contributed by atoms with E-state index in [1.807, 2.05) is 17.5 Å². The highest BCUT2D eigenvalue weighted by molar-refractivity contribution is 7.13. The first-order valence-electron chi connectivity index (χ1n) is 5.86. The van der Waals surface area contributed by atoms with Gasteiger partial charge >= 0.3 is 5.97 Å². The molecular formula is C14H15NO2S. The number of rotatable bonds is 4. The first kappa shape index (κ1) is 12.8. The van der Waals surface area contributed by atoms with Crippen molar-refractivity contribution in [3.05, 3.63) is 40.9 Å². The Morgan fingerprint density at radius 1 is 1.33 bits per heavy atom. The van der Waals surface area contributed by atoms with Crippen LogP contribution in [0.15, 0.2) is 29.6 Å². The van der Waals surface area contributed by atoms with E-state index in [0.717, 1.165) is 16.3 Å². The number of thiazole rings is 1. The number of esters is 1. The zero-order valence-electron chi connectivity index (χ0n) is 10.5. The Bertz CT molecular complexity index is 531. The van der Waals surface area contributed by atoms with Crippen molar-refractivity contribution >= 4 is 17.3 Å². The van der Waals surface area contributed by atoms with Gasteiger partial charge in [-0.25, -0.2) is 4.98 Å². The zero-order valence-corrected chi connectivity index (χ0v) is 11.3. The largest absolute Gasteiger partial charge is 0.466 e. The lowest BCUT2D eigenvalue weighted by Gasteiger charge is -1.98. The van der Waals surface area contributed by atoms with Crippen molar-refractivity contribution in [3.63, 3.8) is 0 Å². The molecule has 2 rings (SSSR count). The maximum absolute atomic E-state index is 11.3. The van der Waals surface area contributed by atoms with Gasteiger partial charge in [-0.3, -0.25) is 4.79 Å². The van der Waals surface area contributed by atoms with E-state index in [0.29, 0.717) is 6.61 Å². The highest BCUT2D eigenvalue weighted by Gasteiger charge is 2.09. The Hall–Kier alpha value is -1.68. The predicted octanol–water partition coefficient (Wildman–Crippen LogP) is 3.22. The van der Waals surface area contributed by atoms with E-state index in [2.05, 4.69) is 24.0 Å². The van der Waals surface area contributed by atoms with Crippen LogP contribution in [0.5, 0.6) is 0 Å². The van der Waals surface area contributed by atoms with Gasteiger partial charge in [0.05, 0.1) is 18.7 Å². The van der Waals surface area contributed by atoms with Crippen LogP contribution in [0.4, 0.5) is 0 Å². The van der Waals surface area contributed by atoms with Crippen molar-refractivity contribution in [1.82, 2.24) is 4.98 Å². The number of aryl methyl sites for hydroxylation is 1. The molecule has 0 spiro atoms. The van der Waals surface area contributed by atoms with Gasteiger partial charge in [0.15, 0.2) is 0 Å². The molecule has 0 amide bonds. The van der Waals surface area contributed by atoms with Gasteiger partial charge in [-0.1, -0.05) is 29.8 Å². The van der Waals surface area contributed by atoms with Crippen LogP contribution < -0.4 is 0 Å². The normalized spacial score (nSPS) is 10.3. The molecule has 94 valence electrons. The second-order valence-corrected chi connectivity index (χ2v) is 4.85. The quantitative estimate of drug-likeness (QED) is 0.793. The van der Waals surface area contributed by atoms with Gasteiger partial charge in [0.1, 0.15) is 5.01 Å². The summed E-state index contributed by atoms with van der Waals surface area (Å²) >= 11 is 1.55. The van der Waals surface area contributed by atoms with Crippen LogP contribution in [0.2, 0.25) is 0 Å². The zero-order chi connectivity index (χ0) is 13.0. The summed E-state index contributed by atoms with van der Waals surface area (Å²) in [5.41, 5.74) is 3.08. The van der Waals surface area contributed by atoms with E-state index in [4.69, 9.17) is 4.74 Å². The Morgan fingerprint density at radius 3 is 2.72 bits per heavy atom. The summed E-state index contributed by atoms with van der Waals surface area (Å²) in [5.74, 6) is -0.224. The molecule has 0 saturated heterocycles. The Kier molecular flexibility index (Phi) is 4.10. The molecule has 0 saturated carbocycles. The first-order valence-corrected chi connectivity index (χ1v) is 6.74. The molecule has 18 heavy (non-hydrogen) atoms. The summed E-state index contributed by atoms with van der Waals surface area (Å²) < 4.78 is 4.90. The van der Waals surface area contributed by atoms with Gasteiger partial charge in [0.25, 0.3) is 0 Å². The molecular weight excluding hydrogens is 246 g/mol. The second kappa shape index (κ2) is 5.78. The fourth-order valence-corrected chi connectivity index (χ4v) is 2.40. The number of carbonyl (C=O) groups excluding carboxylic acids is 1. The van der Waals surface area contributed by atoms with Crippen molar-refractivity contribution in [3.8, 4) is 10.6 Å². The van der Waals surface area contributed by atoms with Gasteiger partial charge in [-0.15, -0.1) is 11.3 Å². The fraction of sp³-hybridized carbons (Fsp3) is 0.286. The fourth-order valence-electron chi connectivity index (χ4n) is 1.58. The predicted molar refractivity (Wildman–Crippen MR) is 72.6 cm³/mol. The van der Waals surface area contributed by atoms with E-state index in [1.165, 1.54) is 5.56 Å². The molecule has 1 aromatic carbocycles. The average molecular weight is 261 g/mol. The van der Waals surface area contributed by atoms with Crippen molar-refractivity contribution in [2.45, 2.75) is 20.3 Å². The van der Waals surface area contributed by atoms with E-state index in [-0.39, 0.29) is 12.4 Å². The number of aromatic nitrogens is 1. The maximum atomic E-state index is 11.3. The van der Waals surface area contributed by atoms with Gasteiger partial charge in [0, 0.05) is 10.9 Å². The monoisotopic (exact) mass is 261 g/mol. The maximum Gasteiger partial charge on any atom is 0.311 e. The highest BCUT2D eigenvalue weighted by Crippen LogP contribution is 2.24. The second-order valence-electron chi connectivity index (χ2n) is 3.99. The van der Waals surface area contributed by atoms with Gasteiger partial charge in [-0.05, 0) is 13.8 Å². The molecule has 0 N–H and O–H groups in total. The molecule has 4 heteroatoms. The topological polar surface area (TPSA) is 39.2 Å². The number of carbonyl (C=O) groups is 1. The summed E-state index contributed by atoms with van der Waals surface area (Å²) in [5, 5.41) is 2.85. The number of ether oxygens (including phenoxy) is 1. The minimum atomic E-state index is -0.224. The lowest BCUT2D eigenvalue weighted by Crippen LogP contribution is -2.07. The lowest BCUT2D eigenvalue weighted by molar-refractivity contribution is -0.142. The number of benzene rings is 1. The van der Waals surface area contributed by atoms with Gasteiger partial charge in [0.2, 0.25) is 0 Å². The van der Waals surface area contributed by atoms with Crippen molar-refractivity contribution in [2.24, 2.45) is 0 Å². The van der Waals surface area contributed by atoms with Crippen molar-refractivity contribution < 1.29 is 9.53 Å². The molecule has 3 nitrogen and oxygen atoms in total. The van der Waals surface area contributed by atoms with Crippen LogP contribution in [-0.2, 0) is 16.0 Å². The van der Waals surface area contributed by atoms with E-state index in [1.54, 1.807) is 18.3 Å². The molecule has 0 aliphatic carbocycles. The molecule has 0 aliphatic heterocycles. The Labute approximate surface area is 110 Å². The smallest absolute Gasteiger partial charge is 0.311 e. The molecule has 1 aromatic heterocycles. The standard InChI is InChI=1S/C14H15NO2S/c1-3-17-13(16)8-12-9-18-14(15-12)11-6-4-10(2)5-7-11/h4-7,9H,3,8H2,1-2H3. The van der Waals surface area contributed by atoms with E-state index >= 15 is 0 Å². The van der Waals surface area contributed by atoms with Crippen LogP contribution in [-0.4, -0.2) is 17.6 Å². The van der Waals surface area contributed by atoms with Crippen LogP contribution in [0, 0.1) is 6.92 Å². The van der Waals surface area contributed by atoms with E-state index in [9.17, 15) is 4.79 Å². The molecule has 0 fully saturated rings. The molecule has 0 unspecified atom stereocenters. The minimum absolute atomic E-state index is 0.224. The Balaban J connectivity index is 2.10. The molecule has 0 aliphatic rings. The highest BCUT2D eigenvalue weighted by atomic mass is 32.1. The van der Waals surface area contributed by atoms with Crippen molar-refractivity contribution in [1.29, 1.82) is 0 Å². The summed E-state index contributed by atoms with van der Waals surface area (Å²) in [6.45, 7) is 4.27. The summed E-state index contributed by atoms with van der Waals surface area (Å²) in [4.78, 5) is 15.8. The SMILES string of the molecule is CCOC(=O)Cc1csc(-c2ccc(C)cc2)n1. The molecule has 0 bridgehead atoms. The van der Waals surface area contributed by atoms with Gasteiger partial charge in [-0.2, -0.15) is 0 Å². The number of nitrogens with zero attached hydrogens (tertiary/aromatic N) is 1. The average Bonchev–Trinajstić information content (AvgIpc) is 2.78. The number of hydrogen-bond acceptors (Lipinski definition) is 4. The third-order valence-corrected chi connectivity index (χ3v) is 3.42. The summed E-state index contributed by atoms with van der Waals surface area (Å²) in [6, 6.07) is 8.20. The molecule has 0 atom stereocenters. The first-order chi connectivity index (χ1) is 8.69. The number of hydrogen-bond donors (Lipinski definition) is 0. The van der Waals surface area contributed by atoms with Crippen LogP contribution in [0.1, 0.15) is 18.2 Å². The summed E-state index contributed by atoms with van der Waals surface area (Å²) in [7, 11) is 0. The molecule has 1 heterocycles.